The van der Waals surface area contributed by atoms with Crippen LogP contribution < -0.4 is 10.2 Å². The maximum absolute atomic E-state index is 14.5. The summed E-state index contributed by atoms with van der Waals surface area (Å²) in [5.74, 6) is 0.602. The summed E-state index contributed by atoms with van der Waals surface area (Å²) in [7, 11) is 0. The minimum Gasteiger partial charge on any atom is -0.507 e. The molecule has 16 nitrogen and oxygen atoms in total. The van der Waals surface area contributed by atoms with E-state index >= 15 is 0 Å². The molecule has 3 amide bonds. The topological polar surface area (TPSA) is 197 Å². The first-order chi connectivity index (χ1) is 30.3. The molecule has 0 saturated carbocycles. The van der Waals surface area contributed by atoms with Gasteiger partial charge in [0.15, 0.2) is 17.2 Å². The number of anilines is 1. The number of phenolic OH excluding ortho intramolecular Hbond substituents is 1. The Morgan fingerprint density at radius 1 is 1.00 bits per heavy atom. The van der Waals surface area contributed by atoms with Gasteiger partial charge in [-0.05, 0) is 55.2 Å². The predicted molar refractivity (Wildman–Crippen MR) is 238 cm³/mol. The lowest BCUT2D eigenvalue weighted by atomic mass is 9.75. The van der Waals surface area contributed by atoms with E-state index < -0.39 is 17.6 Å². The second-order valence-electron chi connectivity index (χ2n) is 17.5. The van der Waals surface area contributed by atoms with E-state index in [-0.39, 0.29) is 54.8 Å². The van der Waals surface area contributed by atoms with E-state index in [0.717, 1.165) is 45.9 Å². The number of carbonyl (C=O) groups is 3. The number of aromatic hydroxyl groups is 1. The Balaban J connectivity index is 0.772. The molecule has 3 aliphatic heterocycles. The first-order valence-electron chi connectivity index (χ1n) is 21.5. The van der Waals surface area contributed by atoms with Gasteiger partial charge in [-0.15, -0.1) is 21.5 Å². The van der Waals surface area contributed by atoms with Crippen LogP contribution in [0, 0.1) is 12.8 Å². The van der Waals surface area contributed by atoms with Crippen molar-refractivity contribution in [1.29, 1.82) is 0 Å². The van der Waals surface area contributed by atoms with Crippen molar-refractivity contribution >= 4 is 45.9 Å². The predicted octanol–water partition coefficient (Wildman–Crippen LogP) is 4.69. The fourth-order valence-corrected chi connectivity index (χ4v) is 9.72. The molecule has 1 unspecified atom stereocenters. The zero-order valence-electron chi connectivity index (χ0n) is 35.8. The van der Waals surface area contributed by atoms with Crippen LogP contribution in [0.25, 0.3) is 32.7 Å². The van der Waals surface area contributed by atoms with E-state index in [1.54, 1.807) is 29.5 Å². The number of β-amino-alcohol motifs (C(OH)–C–C–N with tert-alkyl or cyclic N) is 1. The number of hydrogen-bond acceptors (Lipinski definition) is 13. The minimum absolute atomic E-state index is 0.0398. The van der Waals surface area contributed by atoms with Gasteiger partial charge in [0, 0.05) is 87.4 Å². The summed E-state index contributed by atoms with van der Waals surface area (Å²) in [6, 6.07) is 20.0. The summed E-state index contributed by atoms with van der Waals surface area (Å²) in [5, 5.41) is 38.0. The summed E-state index contributed by atoms with van der Waals surface area (Å²) >= 11 is 1.59. The van der Waals surface area contributed by atoms with Gasteiger partial charge in [-0.2, -0.15) is 0 Å². The number of hydrogen-bond donors (Lipinski definition) is 4. The number of rotatable bonds is 12. The Labute approximate surface area is 368 Å². The molecule has 0 spiro atoms. The highest BCUT2D eigenvalue weighted by Crippen LogP contribution is 2.39. The summed E-state index contributed by atoms with van der Waals surface area (Å²) in [6.45, 7) is 12.0. The van der Waals surface area contributed by atoms with Crippen LogP contribution in [0.1, 0.15) is 55.8 Å². The number of aliphatic hydroxyl groups is 1. The molecule has 3 atom stereocenters. The lowest BCUT2D eigenvalue weighted by Gasteiger charge is -2.40. The van der Waals surface area contributed by atoms with Crippen LogP contribution in [0.3, 0.4) is 0 Å². The number of aromatic nitrogens is 5. The number of likely N-dealkylation sites (tertiary alicyclic amines) is 2. The number of thiazole rings is 1. The third kappa shape index (κ3) is 8.27. The smallest absolute Gasteiger partial charge is 0.243 e. The average molecular weight is 873 g/mol. The number of para-hydroxylation sites is 1. The van der Waals surface area contributed by atoms with Crippen molar-refractivity contribution in [2.75, 3.05) is 57.3 Å². The molecule has 0 radical (unpaired) electrons. The number of benzene rings is 2. The van der Waals surface area contributed by atoms with Crippen LogP contribution in [0.15, 0.2) is 76.8 Å². The molecule has 2 aromatic carbocycles. The third-order valence-corrected chi connectivity index (χ3v) is 14.1. The normalized spacial score (nSPS) is 19.4. The number of phenols is 1. The van der Waals surface area contributed by atoms with Gasteiger partial charge in [-0.3, -0.25) is 19.3 Å². The van der Waals surface area contributed by atoms with Gasteiger partial charge < -0.3 is 39.7 Å². The molecule has 4 aromatic heterocycles. The lowest BCUT2D eigenvalue weighted by molar-refractivity contribution is -0.145. The number of aliphatic hydroxyl groups excluding tert-OH is 1. The Kier molecular flexibility index (Phi) is 11.5. The molecule has 3 fully saturated rings. The summed E-state index contributed by atoms with van der Waals surface area (Å²) in [4.78, 5) is 58.0. The zero-order chi connectivity index (χ0) is 44.0. The fraction of sp³-hybridized carbons (Fsp3) is 0.413. The van der Waals surface area contributed by atoms with Gasteiger partial charge in [-0.1, -0.05) is 55.4 Å². The van der Waals surface area contributed by atoms with Gasteiger partial charge in [-0.25, -0.2) is 4.98 Å². The minimum atomic E-state index is -1.17. The van der Waals surface area contributed by atoms with Gasteiger partial charge in [0.2, 0.25) is 17.7 Å². The highest BCUT2D eigenvalue weighted by molar-refractivity contribution is 7.13. The number of aromatic amines is 1. The second kappa shape index (κ2) is 17.2. The van der Waals surface area contributed by atoms with Crippen molar-refractivity contribution in [2.24, 2.45) is 5.92 Å². The van der Waals surface area contributed by atoms with Crippen molar-refractivity contribution in [2.45, 2.75) is 64.1 Å². The Morgan fingerprint density at radius 2 is 1.76 bits per heavy atom. The molecule has 0 aliphatic carbocycles. The van der Waals surface area contributed by atoms with E-state index in [4.69, 9.17) is 4.52 Å². The molecule has 9 rings (SSSR count). The molecule has 3 aliphatic rings. The quantitative estimate of drug-likeness (QED) is 0.133. The average Bonchev–Trinajstić information content (AvgIpc) is 4.10. The van der Waals surface area contributed by atoms with E-state index in [9.17, 15) is 24.6 Å². The maximum Gasteiger partial charge on any atom is 0.243 e. The van der Waals surface area contributed by atoms with Crippen LogP contribution >= 0.6 is 11.3 Å². The number of H-pyrrole nitrogens is 1. The highest BCUT2D eigenvalue weighted by atomic mass is 32.1. The Morgan fingerprint density at radius 3 is 2.48 bits per heavy atom. The van der Waals surface area contributed by atoms with E-state index in [2.05, 4.69) is 46.5 Å². The Hall–Kier alpha value is -6.17. The molecule has 17 heteroatoms. The van der Waals surface area contributed by atoms with Gasteiger partial charge in [0.25, 0.3) is 0 Å². The van der Waals surface area contributed by atoms with Crippen molar-refractivity contribution in [1.82, 2.24) is 45.3 Å². The SMILES string of the molecule is Cc1ncsc1-c1ccc(CNC(=O)[C@@H]2C[C@@H](O)CN2C(=O)C(C)(c2cc(N3CCN(C(=O)CN4CC(c5cc6cc(-c7ccccc7O)nnc6[nH]5)C4)CC3)no2)C(C)C)cc1. The van der Waals surface area contributed by atoms with Crippen molar-refractivity contribution < 1.29 is 29.1 Å². The highest BCUT2D eigenvalue weighted by Gasteiger charge is 2.50. The number of amides is 3. The third-order valence-electron chi connectivity index (χ3n) is 13.2. The second-order valence-corrected chi connectivity index (χ2v) is 18.3. The molecular weight excluding hydrogens is 821 g/mol. The summed E-state index contributed by atoms with van der Waals surface area (Å²) in [6.07, 6.45) is -0.696. The molecule has 6 aromatic rings. The molecule has 63 heavy (non-hydrogen) atoms. The zero-order valence-corrected chi connectivity index (χ0v) is 36.6. The van der Waals surface area contributed by atoms with Crippen LogP contribution in [-0.2, 0) is 26.3 Å². The number of carbonyl (C=O) groups excluding carboxylic acids is 3. The first-order valence-corrected chi connectivity index (χ1v) is 22.4. The summed E-state index contributed by atoms with van der Waals surface area (Å²) < 4.78 is 5.93. The molecule has 0 bridgehead atoms. The molecular formula is C46H52N10O6S. The van der Waals surface area contributed by atoms with E-state index in [1.807, 2.05) is 80.6 Å². The van der Waals surface area contributed by atoms with E-state index in [1.165, 1.54) is 4.90 Å². The molecule has 7 heterocycles. The van der Waals surface area contributed by atoms with Crippen LogP contribution in [0.5, 0.6) is 5.75 Å². The number of piperazine rings is 1. The lowest BCUT2D eigenvalue weighted by Crippen LogP contribution is -2.54. The van der Waals surface area contributed by atoms with Crippen LogP contribution in [-0.4, -0.2) is 132 Å². The number of fused-ring (bicyclic) bond motifs is 1. The fourth-order valence-electron chi connectivity index (χ4n) is 8.91. The number of nitrogens with zero attached hydrogens (tertiary/aromatic N) is 8. The van der Waals surface area contributed by atoms with E-state index in [0.29, 0.717) is 61.2 Å². The number of aryl methyl sites for hydroxylation is 1. The van der Waals surface area contributed by atoms with Crippen LogP contribution in [0.4, 0.5) is 5.82 Å². The maximum atomic E-state index is 14.5. The van der Waals surface area contributed by atoms with Crippen molar-refractivity contribution in [3.05, 3.63) is 95.0 Å². The largest absolute Gasteiger partial charge is 0.507 e. The summed E-state index contributed by atoms with van der Waals surface area (Å²) in [5.41, 5.74) is 6.59. The molecule has 328 valence electrons. The van der Waals surface area contributed by atoms with Gasteiger partial charge in [0.05, 0.1) is 34.4 Å². The van der Waals surface area contributed by atoms with Gasteiger partial charge >= 0.3 is 0 Å². The van der Waals surface area contributed by atoms with Crippen molar-refractivity contribution in [3.63, 3.8) is 0 Å². The van der Waals surface area contributed by atoms with Gasteiger partial charge in [0.1, 0.15) is 17.2 Å². The monoisotopic (exact) mass is 872 g/mol. The number of nitrogens with one attached hydrogen (secondary N) is 2. The molecule has 4 N–H and O–H groups in total. The van der Waals surface area contributed by atoms with Crippen molar-refractivity contribution in [3.8, 4) is 27.4 Å². The van der Waals surface area contributed by atoms with Crippen LogP contribution in [0.2, 0.25) is 0 Å². The molecule has 3 saturated heterocycles. The Bertz CT molecular complexity index is 2630. The standard InChI is InChI=1S/C46H52N10O6S/c1-27(2)46(4,45(61)56-24-33(57)19-37(56)44(60)47-21-29-9-11-30(12-10-29)42-28(3)48-26-63-42)39-20-40(52-62-39)54-13-15-55(16-14-54)41(59)25-53-22-32(23-53)35-17-31-18-36(50-51-43(31)49-35)34-7-5-6-8-38(34)58/h5-12,17-18,20,26-27,32-33,37,57-58H,13-16,19,21-25H2,1-4H3,(H,47,60)(H,49,51)/t33-,37+,46?/m1/s1. The first kappa shape index (κ1) is 42.1.